The van der Waals surface area contributed by atoms with Crippen LogP contribution in [0.25, 0.3) is 32.8 Å². The molecule has 9 nitrogen and oxygen atoms in total. The van der Waals surface area contributed by atoms with Crippen LogP contribution in [0, 0.1) is 5.41 Å². The van der Waals surface area contributed by atoms with Crippen molar-refractivity contribution in [1.29, 1.82) is 0 Å². The third-order valence-electron chi connectivity index (χ3n) is 11.1. The molecule has 1 amide bonds. The van der Waals surface area contributed by atoms with Crippen molar-refractivity contribution < 1.29 is 45.8 Å². The first-order valence-corrected chi connectivity index (χ1v) is 17.7. The molecule has 0 spiro atoms. The largest absolute Gasteiger partial charge is 0.480 e. The molecule has 1 saturated carbocycles. The van der Waals surface area contributed by atoms with E-state index in [0.717, 1.165) is 0 Å². The first-order valence-electron chi connectivity index (χ1n) is 17.7. The molecule has 290 valence electrons. The normalized spacial score (nSPS) is 22.0. The van der Waals surface area contributed by atoms with Crippen LogP contribution in [0.2, 0.25) is 0 Å². The number of pyridine rings is 1. The number of ether oxygens (including phenoxy) is 1. The number of anilines is 1. The topological polar surface area (TPSA) is 104 Å². The quantitative estimate of drug-likeness (QED) is 0.191. The Morgan fingerprint density at radius 2 is 1.67 bits per heavy atom. The first-order chi connectivity index (χ1) is 25.3. The summed E-state index contributed by atoms with van der Waals surface area (Å²) >= 11 is 0. The summed E-state index contributed by atoms with van der Waals surface area (Å²) in [4.78, 5) is 43.1. The number of hydrogen-bond acceptors (Lipinski definition) is 6. The van der Waals surface area contributed by atoms with Crippen molar-refractivity contribution in [2.24, 2.45) is 12.5 Å². The van der Waals surface area contributed by atoms with Gasteiger partial charge in [-0.25, -0.2) is 4.79 Å². The lowest BCUT2D eigenvalue weighted by Crippen LogP contribution is -2.58. The average molecular weight is 761 g/mol. The van der Waals surface area contributed by atoms with E-state index >= 15 is 13.2 Å². The van der Waals surface area contributed by atoms with Crippen LogP contribution in [-0.4, -0.2) is 84.6 Å². The molecule has 2 fully saturated rings. The standard InChI is InChI=1S/C39H42F6N4O5/c1-37(15-13-23(14-16-37)49-17-18-54-21-31(49)38(40,41)42)36(53)46-29(35(51)52)19-22-7-5-9-26-25(22)8-6-10-27(26)32-33(39(43,44)45)28-20-24(47(2)3)11-12-30(28)48(4)34(32)50/h5-12,20,23,29,31H,13-19,21H2,1-4H3,(H,46,53)(H,51,52)/t23?,29-,31+,37?/m0/s1. The number of carboxylic acids is 1. The van der Waals surface area contributed by atoms with Gasteiger partial charge in [0.15, 0.2) is 0 Å². The van der Waals surface area contributed by atoms with Gasteiger partial charge >= 0.3 is 18.3 Å². The van der Waals surface area contributed by atoms with Crippen molar-refractivity contribution in [3.63, 3.8) is 0 Å². The van der Waals surface area contributed by atoms with E-state index in [0.29, 0.717) is 34.9 Å². The number of alkyl halides is 6. The minimum atomic E-state index is -4.91. The fraction of sp³-hybridized carbons (Fsp3) is 0.462. The van der Waals surface area contributed by atoms with E-state index in [4.69, 9.17) is 4.74 Å². The number of halogens is 6. The number of morpholine rings is 1. The van der Waals surface area contributed by atoms with Gasteiger partial charge in [-0.1, -0.05) is 43.3 Å². The van der Waals surface area contributed by atoms with E-state index in [1.54, 1.807) is 56.3 Å². The molecule has 1 aliphatic heterocycles. The Hall–Kier alpha value is -4.63. The Morgan fingerprint density at radius 1 is 1.00 bits per heavy atom. The summed E-state index contributed by atoms with van der Waals surface area (Å²) < 4.78 is 92.5. The van der Waals surface area contributed by atoms with Gasteiger partial charge in [-0.05, 0) is 65.8 Å². The highest BCUT2D eigenvalue weighted by Gasteiger charge is 2.49. The highest BCUT2D eigenvalue weighted by molar-refractivity contribution is 6.02. The van der Waals surface area contributed by atoms with E-state index < -0.39 is 71.1 Å². The summed E-state index contributed by atoms with van der Waals surface area (Å²) in [6, 6.07) is 10.3. The Kier molecular flexibility index (Phi) is 10.5. The molecule has 2 heterocycles. The first kappa shape index (κ1) is 39.1. The average Bonchev–Trinajstić information content (AvgIpc) is 3.11. The smallest absolute Gasteiger partial charge is 0.417 e. The van der Waals surface area contributed by atoms with E-state index in [2.05, 4.69) is 5.32 Å². The highest BCUT2D eigenvalue weighted by Crippen LogP contribution is 2.44. The number of carboxylic acid groups (broad SMARTS) is 1. The number of fused-ring (bicyclic) bond motifs is 2. The highest BCUT2D eigenvalue weighted by atomic mass is 19.4. The second-order valence-electron chi connectivity index (χ2n) is 14.8. The number of hydrogen-bond donors (Lipinski definition) is 2. The maximum Gasteiger partial charge on any atom is 0.417 e. The summed E-state index contributed by atoms with van der Waals surface area (Å²) in [6.07, 6.45) is -8.49. The third kappa shape index (κ3) is 7.39. The SMILES string of the molecule is CN(C)c1ccc2c(c1)c(C(F)(F)F)c(-c1cccc3c(C[C@H](NC(=O)C4(C)CCC(N5CCOC[C@@H]5C(F)(F)F)CC4)C(=O)O)cccc13)c(=O)n2C. The van der Waals surface area contributed by atoms with Crippen LogP contribution in [-0.2, 0) is 34.0 Å². The molecule has 2 atom stereocenters. The number of rotatable bonds is 8. The van der Waals surface area contributed by atoms with Crippen molar-refractivity contribution >= 4 is 39.2 Å². The van der Waals surface area contributed by atoms with Gasteiger partial charge in [0.25, 0.3) is 5.56 Å². The van der Waals surface area contributed by atoms with E-state index in [1.807, 2.05) is 0 Å². The molecule has 1 aromatic heterocycles. The predicted molar refractivity (Wildman–Crippen MR) is 192 cm³/mol. The van der Waals surface area contributed by atoms with Crippen LogP contribution < -0.4 is 15.8 Å². The zero-order chi connectivity index (χ0) is 39.3. The second-order valence-corrected chi connectivity index (χ2v) is 14.8. The zero-order valence-electron chi connectivity index (χ0n) is 30.3. The lowest BCUT2D eigenvalue weighted by molar-refractivity contribution is -0.221. The second kappa shape index (κ2) is 14.5. The lowest BCUT2D eigenvalue weighted by atomic mass is 9.72. The van der Waals surface area contributed by atoms with E-state index in [9.17, 15) is 32.7 Å². The van der Waals surface area contributed by atoms with Crippen LogP contribution in [0.1, 0.15) is 43.7 Å². The molecule has 54 heavy (non-hydrogen) atoms. The van der Waals surface area contributed by atoms with Gasteiger partial charge < -0.3 is 24.6 Å². The molecule has 0 unspecified atom stereocenters. The summed E-state index contributed by atoms with van der Waals surface area (Å²) in [7, 11) is 4.81. The molecule has 15 heteroatoms. The maximum absolute atomic E-state index is 15.0. The van der Waals surface area contributed by atoms with Crippen LogP contribution in [0.3, 0.4) is 0 Å². The Morgan fingerprint density at radius 3 is 2.30 bits per heavy atom. The predicted octanol–water partition coefficient (Wildman–Crippen LogP) is 6.77. The van der Waals surface area contributed by atoms with Crippen LogP contribution in [0.15, 0.2) is 59.4 Å². The molecule has 0 radical (unpaired) electrons. The van der Waals surface area contributed by atoms with Gasteiger partial charge in [-0.2, -0.15) is 26.3 Å². The summed E-state index contributed by atoms with van der Waals surface area (Å²) in [5.41, 5.74) is -2.45. The molecule has 1 saturated heterocycles. The molecular formula is C39H42F6N4O5. The number of aromatic nitrogens is 1. The molecule has 6 rings (SSSR count). The summed E-state index contributed by atoms with van der Waals surface area (Å²) in [5.74, 6) is -1.88. The fourth-order valence-electron chi connectivity index (χ4n) is 8.02. The summed E-state index contributed by atoms with van der Waals surface area (Å²) in [5, 5.41) is 13.4. The van der Waals surface area contributed by atoms with Gasteiger partial charge in [0.05, 0.1) is 29.9 Å². The van der Waals surface area contributed by atoms with Crippen LogP contribution >= 0.6 is 0 Å². The molecule has 2 aliphatic rings. The van der Waals surface area contributed by atoms with Crippen molar-refractivity contribution in [2.45, 2.75) is 69.5 Å². The molecule has 3 aromatic carbocycles. The number of nitrogens with one attached hydrogen (secondary N) is 1. The third-order valence-corrected chi connectivity index (χ3v) is 11.1. The lowest BCUT2D eigenvalue weighted by Gasteiger charge is -2.46. The Bertz CT molecular complexity index is 2140. The van der Waals surface area contributed by atoms with E-state index in [1.165, 1.54) is 40.8 Å². The fourth-order valence-corrected chi connectivity index (χ4v) is 8.02. The molecular weight excluding hydrogens is 718 g/mol. The minimum Gasteiger partial charge on any atom is -0.480 e. The zero-order valence-corrected chi connectivity index (χ0v) is 30.3. The Balaban J connectivity index is 1.30. The maximum atomic E-state index is 15.0. The molecule has 0 bridgehead atoms. The van der Waals surface area contributed by atoms with Gasteiger partial charge in [-0.15, -0.1) is 0 Å². The van der Waals surface area contributed by atoms with Crippen LogP contribution in [0.4, 0.5) is 32.0 Å². The van der Waals surface area contributed by atoms with Crippen molar-refractivity contribution in [3.05, 3.63) is 76.1 Å². The number of amides is 1. The molecule has 4 aromatic rings. The van der Waals surface area contributed by atoms with Crippen LogP contribution in [0.5, 0.6) is 0 Å². The van der Waals surface area contributed by atoms with E-state index in [-0.39, 0.29) is 48.9 Å². The summed E-state index contributed by atoms with van der Waals surface area (Å²) in [6.45, 7) is 1.52. The van der Waals surface area contributed by atoms with Gasteiger partial charge in [0.1, 0.15) is 12.1 Å². The monoisotopic (exact) mass is 760 g/mol. The van der Waals surface area contributed by atoms with Gasteiger partial charge in [-0.3, -0.25) is 14.5 Å². The Labute approximate surface area is 307 Å². The van der Waals surface area contributed by atoms with Gasteiger partial charge in [0, 0.05) is 56.6 Å². The molecule has 1 aliphatic carbocycles. The number of aliphatic carboxylic acids is 1. The number of carbonyl (C=O) groups excluding carboxylic acids is 1. The van der Waals surface area contributed by atoms with Gasteiger partial charge in [0.2, 0.25) is 5.91 Å². The van der Waals surface area contributed by atoms with Crippen molar-refractivity contribution in [2.75, 3.05) is 38.8 Å². The number of benzene rings is 3. The van der Waals surface area contributed by atoms with Crippen molar-refractivity contribution in [3.8, 4) is 11.1 Å². The number of nitrogens with zero attached hydrogens (tertiary/aromatic N) is 3. The van der Waals surface area contributed by atoms with Crippen molar-refractivity contribution in [1.82, 2.24) is 14.8 Å². The minimum absolute atomic E-state index is 0.0210. The number of carbonyl (C=O) groups is 2. The number of aryl methyl sites for hydroxylation is 1. The molecule has 2 N–H and O–H groups in total.